The van der Waals surface area contributed by atoms with E-state index in [4.69, 9.17) is 0 Å². The monoisotopic (exact) mass is 314 g/mol. The molecule has 0 N–H and O–H groups in total. The molecule has 0 saturated heterocycles. The molecule has 0 amide bonds. The molecule has 1 aliphatic carbocycles. The maximum atomic E-state index is 2.64. The van der Waals surface area contributed by atoms with Gasteiger partial charge in [0.2, 0.25) is 0 Å². The van der Waals surface area contributed by atoms with Crippen LogP contribution in [0.5, 0.6) is 0 Å². The lowest BCUT2D eigenvalue weighted by Gasteiger charge is -2.20. The second-order valence-corrected chi connectivity index (χ2v) is 17.4. The molecule has 1 aliphatic rings. The zero-order valence-corrected chi connectivity index (χ0v) is 16.3. The average molecular weight is 315 g/mol. The first-order chi connectivity index (χ1) is 9.78. The summed E-state index contributed by atoms with van der Waals surface area (Å²) in [4.78, 5) is 0. The third kappa shape index (κ3) is 4.82. The van der Waals surface area contributed by atoms with E-state index in [1.807, 2.05) is 0 Å². The Morgan fingerprint density at radius 3 is 2.29 bits per heavy atom. The molecule has 2 rings (SSSR count). The molecule has 1 atom stereocenters. The lowest BCUT2D eigenvalue weighted by Crippen LogP contribution is -2.39. The molecular weight excluding hydrogens is 284 g/mol. The summed E-state index contributed by atoms with van der Waals surface area (Å²) >= 11 is 0. The Kier molecular flexibility index (Phi) is 5.10. The van der Waals surface area contributed by atoms with Gasteiger partial charge in [-0.15, -0.1) is 0 Å². The quantitative estimate of drug-likeness (QED) is 0.661. The van der Waals surface area contributed by atoms with Crippen molar-refractivity contribution in [3.8, 4) is 0 Å². The van der Waals surface area contributed by atoms with Crippen LogP contribution >= 0.6 is 0 Å². The fourth-order valence-electron chi connectivity index (χ4n) is 3.17. The van der Waals surface area contributed by atoms with Crippen molar-refractivity contribution in [3.63, 3.8) is 0 Å². The molecule has 0 radical (unpaired) electrons. The number of rotatable bonds is 4. The summed E-state index contributed by atoms with van der Waals surface area (Å²) in [6.45, 7) is 12.2. The van der Waals surface area contributed by atoms with E-state index in [0.717, 1.165) is 0 Å². The Bertz CT molecular complexity index is 518. The van der Waals surface area contributed by atoms with Crippen LogP contribution in [0.25, 0.3) is 0 Å². The van der Waals surface area contributed by atoms with E-state index in [9.17, 15) is 0 Å². The molecule has 2 heteroatoms. The van der Waals surface area contributed by atoms with Crippen molar-refractivity contribution in [3.05, 3.63) is 53.4 Å². The van der Waals surface area contributed by atoms with Crippen LogP contribution in [0.4, 0.5) is 0 Å². The molecule has 0 spiro atoms. The minimum atomic E-state index is -1.43. The lowest BCUT2D eigenvalue weighted by atomic mass is 10.1. The zero-order valence-electron chi connectivity index (χ0n) is 14.3. The smallest absolute Gasteiger partial charge is 0.0952 e. The van der Waals surface area contributed by atoms with Gasteiger partial charge in [0.05, 0.1) is 8.07 Å². The van der Waals surface area contributed by atoms with Crippen LogP contribution in [-0.4, -0.2) is 16.1 Å². The van der Waals surface area contributed by atoms with Crippen LogP contribution < -0.4 is 5.19 Å². The number of hydrogen-bond acceptors (Lipinski definition) is 0. The zero-order chi connectivity index (χ0) is 15.5. The number of allylic oxidation sites excluding steroid dienone is 2. The van der Waals surface area contributed by atoms with Gasteiger partial charge in [-0.25, -0.2) is 0 Å². The molecule has 1 fully saturated rings. The standard InChI is InChI=1S/C19H30Si2/c1-20(2,3)16-18-11-9-10-17(18)14-15-21(4,5)19-12-7-6-8-13-19/h6-8,12-17H,9-11H2,1-5H3. The number of benzene rings is 1. The van der Waals surface area contributed by atoms with Gasteiger partial charge in [-0.3, -0.25) is 0 Å². The van der Waals surface area contributed by atoms with Crippen LogP contribution in [0.15, 0.2) is 53.4 Å². The molecule has 0 bridgehead atoms. The summed E-state index contributed by atoms with van der Waals surface area (Å²) in [5.74, 6) is 0.715. The average Bonchev–Trinajstić information content (AvgIpc) is 2.83. The van der Waals surface area contributed by atoms with Gasteiger partial charge in [-0.1, -0.05) is 91.3 Å². The summed E-state index contributed by atoms with van der Waals surface area (Å²) in [6, 6.07) is 11.0. The van der Waals surface area contributed by atoms with E-state index in [1.54, 1.807) is 5.57 Å². The van der Waals surface area contributed by atoms with Crippen LogP contribution in [0, 0.1) is 5.92 Å². The molecule has 0 nitrogen and oxygen atoms in total. The maximum Gasteiger partial charge on any atom is 0.103 e. The topological polar surface area (TPSA) is 0 Å². The highest BCUT2D eigenvalue weighted by Crippen LogP contribution is 2.33. The van der Waals surface area contributed by atoms with Crippen molar-refractivity contribution in [2.24, 2.45) is 5.92 Å². The SMILES string of the molecule is C[Si](C)(C)C=C1CCCC1C=C[Si](C)(C)c1ccccc1. The van der Waals surface area contributed by atoms with E-state index in [2.05, 4.69) is 80.5 Å². The Labute approximate surface area is 133 Å². The Hall–Kier alpha value is -0.866. The van der Waals surface area contributed by atoms with Crippen LogP contribution in [0.1, 0.15) is 19.3 Å². The molecule has 0 aromatic heterocycles. The maximum absolute atomic E-state index is 2.64. The van der Waals surface area contributed by atoms with E-state index in [-0.39, 0.29) is 0 Å². The van der Waals surface area contributed by atoms with Crippen molar-refractivity contribution in [2.75, 3.05) is 0 Å². The van der Waals surface area contributed by atoms with Gasteiger partial charge in [0.15, 0.2) is 0 Å². The van der Waals surface area contributed by atoms with Crippen molar-refractivity contribution >= 4 is 21.3 Å². The highest BCUT2D eigenvalue weighted by Gasteiger charge is 2.24. The first-order valence-electron chi connectivity index (χ1n) is 8.24. The molecule has 1 unspecified atom stereocenters. The fourth-order valence-corrected chi connectivity index (χ4v) is 6.60. The van der Waals surface area contributed by atoms with Crippen LogP contribution in [-0.2, 0) is 0 Å². The minimum Gasteiger partial charge on any atom is -0.0952 e. The molecule has 0 heterocycles. The van der Waals surface area contributed by atoms with Crippen molar-refractivity contribution in [1.29, 1.82) is 0 Å². The van der Waals surface area contributed by atoms with Crippen LogP contribution in [0.2, 0.25) is 32.7 Å². The summed E-state index contributed by atoms with van der Waals surface area (Å²) in [5.41, 5.74) is 6.94. The third-order valence-corrected chi connectivity index (χ3v) is 8.42. The normalized spacial score (nSPS) is 22.3. The van der Waals surface area contributed by atoms with E-state index < -0.39 is 16.1 Å². The van der Waals surface area contributed by atoms with Gasteiger partial charge in [-0.2, -0.15) is 0 Å². The summed E-state index contributed by atoms with van der Waals surface area (Å²) in [5, 5.41) is 1.54. The van der Waals surface area contributed by atoms with Crippen molar-refractivity contribution < 1.29 is 0 Å². The predicted molar refractivity (Wildman–Crippen MR) is 101 cm³/mol. The molecular formula is C19H30Si2. The van der Waals surface area contributed by atoms with E-state index >= 15 is 0 Å². The van der Waals surface area contributed by atoms with Crippen molar-refractivity contribution in [2.45, 2.75) is 52.0 Å². The van der Waals surface area contributed by atoms with E-state index in [1.165, 1.54) is 24.4 Å². The second-order valence-electron chi connectivity index (χ2n) is 8.03. The van der Waals surface area contributed by atoms with E-state index in [0.29, 0.717) is 5.92 Å². The Morgan fingerprint density at radius 2 is 1.67 bits per heavy atom. The first kappa shape index (κ1) is 16.5. The highest BCUT2D eigenvalue weighted by molar-refractivity contribution is 6.93. The van der Waals surface area contributed by atoms with Gasteiger partial charge < -0.3 is 0 Å². The second kappa shape index (κ2) is 6.49. The largest absolute Gasteiger partial charge is 0.103 e. The predicted octanol–water partition coefficient (Wildman–Crippen LogP) is 5.30. The molecule has 1 saturated carbocycles. The Balaban J connectivity index is 2.15. The summed E-state index contributed by atoms with van der Waals surface area (Å²) < 4.78 is 0. The molecule has 1 aromatic rings. The van der Waals surface area contributed by atoms with Gasteiger partial charge in [-0.05, 0) is 25.2 Å². The van der Waals surface area contributed by atoms with Gasteiger partial charge in [0.25, 0.3) is 0 Å². The molecule has 0 aliphatic heterocycles. The minimum absolute atomic E-state index is 0.715. The first-order valence-corrected chi connectivity index (χ1v) is 14.9. The summed E-state index contributed by atoms with van der Waals surface area (Å²) in [6.07, 6.45) is 6.59. The highest BCUT2D eigenvalue weighted by atomic mass is 28.3. The lowest BCUT2D eigenvalue weighted by molar-refractivity contribution is 0.766. The fraction of sp³-hybridized carbons (Fsp3) is 0.474. The van der Waals surface area contributed by atoms with Crippen LogP contribution in [0.3, 0.4) is 0 Å². The molecule has 1 aromatic carbocycles. The van der Waals surface area contributed by atoms with Gasteiger partial charge >= 0.3 is 0 Å². The third-order valence-electron chi connectivity index (χ3n) is 4.34. The van der Waals surface area contributed by atoms with Gasteiger partial charge in [0.1, 0.15) is 8.07 Å². The van der Waals surface area contributed by atoms with Crippen molar-refractivity contribution in [1.82, 2.24) is 0 Å². The molecule has 114 valence electrons. The molecule has 21 heavy (non-hydrogen) atoms. The summed E-state index contributed by atoms with van der Waals surface area (Å²) in [7, 11) is -2.52. The Morgan fingerprint density at radius 1 is 1.00 bits per heavy atom. The van der Waals surface area contributed by atoms with Gasteiger partial charge in [0, 0.05) is 0 Å². The number of hydrogen-bond donors (Lipinski definition) is 0.